The lowest BCUT2D eigenvalue weighted by molar-refractivity contribution is -0.145. The van der Waals surface area contributed by atoms with Crippen LogP contribution in [0.15, 0.2) is 41.2 Å². The average Bonchev–Trinajstić information content (AvgIpc) is 2.89. The van der Waals surface area contributed by atoms with Gasteiger partial charge in [0.2, 0.25) is 0 Å². The summed E-state index contributed by atoms with van der Waals surface area (Å²) in [7, 11) is 0. The van der Waals surface area contributed by atoms with E-state index in [1.54, 1.807) is 0 Å². The number of halogens is 1. The molecular formula is C19H20FN3O4. The van der Waals surface area contributed by atoms with E-state index in [0.29, 0.717) is 18.5 Å². The molecule has 1 aliphatic carbocycles. The van der Waals surface area contributed by atoms with Gasteiger partial charge in [0.15, 0.2) is 0 Å². The number of aliphatic carboxylic acids is 1. The summed E-state index contributed by atoms with van der Waals surface area (Å²) in [6.07, 6.45) is 4.00. The van der Waals surface area contributed by atoms with Crippen LogP contribution in [0.25, 0.3) is 5.69 Å². The number of hydrogen-bond acceptors (Lipinski definition) is 4. The molecule has 0 bridgehead atoms. The van der Waals surface area contributed by atoms with Gasteiger partial charge in [-0.25, -0.2) is 9.18 Å². The van der Waals surface area contributed by atoms with Crippen LogP contribution in [0.1, 0.15) is 49.0 Å². The number of nitrogens with one attached hydrogen (secondary N) is 1. The van der Waals surface area contributed by atoms with E-state index in [1.807, 2.05) is 0 Å². The summed E-state index contributed by atoms with van der Waals surface area (Å²) in [5, 5.41) is 16.3. The SMILES string of the molecule is O=C(NC1(C(=O)O)CCCCCC1)c1ccc(=O)n(-c2ccc(F)cc2)n1. The van der Waals surface area contributed by atoms with Crippen LogP contribution in [0.4, 0.5) is 4.39 Å². The lowest BCUT2D eigenvalue weighted by Crippen LogP contribution is -2.54. The number of hydrogen-bond donors (Lipinski definition) is 2. The van der Waals surface area contributed by atoms with Crippen molar-refractivity contribution in [1.82, 2.24) is 15.1 Å². The molecule has 3 rings (SSSR count). The summed E-state index contributed by atoms with van der Waals surface area (Å²) < 4.78 is 14.1. The molecule has 2 aromatic rings. The Morgan fingerprint density at radius 2 is 1.67 bits per heavy atom. The predicted molar refractivity (Wildman–Crippen MR) is 95.3 cm³/mol. The van der Waals surface area contributed by atoms with Gasteiger partial charge in [0, 0.05) is 6.07 Å². The maximum Gasteiger partial charge on any atom is 0.329 e. The molecule has 142 valence electrons. The van der Waals surface area contributed by atoms with Gasteiger partial charge in [-0.3, -0.25) is 9.59 Å². The molecule has 1 aromatic carbocycles. The first-order chi connectivity index (χ1) is 12.9. The summed E-state index contributed by atoms with van der Waals surface area (Å²) >= 11 is 0. The minimum Gasteiger partial charge on any atom is -0.480 e. The van der Waals surface area contributed by atoms with Crippen molar-refractivity contribution in [2.24, 2.45) is 0 Å². The van der Waals surface area contributed by atoms with E-state index in [1.165, 1.54) is 36.4 Å². The lowest BCUT2D eigenvalue weighted by Gasteiger charge is -2.29. The van der Waals surface area contributed by atoms with Crippen molar-refractivity contribution in [1.29, 1.82) is 0 Å². The van der Waals surface area contributed by atoms with Gasteiger partial charge in [0.1, 0.15) is 17.1 Å². The van der Waals surface area contributed by atoms with Gasteiger partial charge in [-0.2, -0.15) is 9.78 Å². The minimum atomic E-state index is -1.33. The highest BCUT2D eigenvalue weighted by atomic mass is 19.1. The normalized spacial score (nSPS) is 16.3. The molecule has 1 saturated carbocycles. The Morgan fingerprint density at radius 1 is 1.04 bits per heavy atom. The molecule has 1 fully saturated rings. The third-order valence-electron chi connectivity index (χ3n) is 4.82. The van der Waals surface area contributed by atoms with Crippen LogP contribution < -0.4 is 10.9 Å². The molecule has 0 radical (unpaired) electrons. The molecule has 1 aliphatic rings. The van der Waals surface area contributed by atoms with Crippen molar-refractivity contribution in [2.45, 2.75) is 44.1 Å². The molecule has 27 heavy (non-hydrogen) atoms. The zero-order valence-electron chi connectivity index (χ0n) is 14.7. The van der Waals surface area contributed by atoms with Gasteiger partial charge in [-0.05, 0) is 43.2 Å². The Kier molecular flexibility index (Phi) is 5.34. The van der Waals surface area contributed by atoms with Crippen molar-refractivity contribution >= 4 is 11.9 Å². The molecule has 0 saturated heterocycles. The molecule has 0 unspecified atom stereocenters. The van der Waals surface area contributed by atoms with Gasteiger partial charge in [-0.15, -0.1) is 0 Å². The van der Waals surface area contributed by atoms with E-state index in [-0.39, 0.29) is 5.69 Å². The van der Waals surface area contributed by atoms with E-state index in [9.17, 15) is 23.9 Å². The highest BCUT2D eigenvalue weighted by Gasteiger charge is 2.40. The second-order valence-electron chi connectivity index (χ2n) is 6.70. The Labute approximate surface area is 154 Å². The number of nitrogens with zero attached hydrogens (tertiary/aromatic N) is 2. The second kappa shape index (κ2) is 7.69. The maximum atomic E-state index is 13.1. The van der Waals surface area contributed by atoms with Gasteiger partial charge in [-0.1, -0.05) is 25.7 Å². The quantitative estimate of drug-likeness (QED) is 0.801. The van der Waals surface area contributed by atoms with Crippen molar-refractivity contribution < 1.29 is 19.1 Å². The standard InChI is InChI=1S/C19H20FN3O4/c20-13-5-7-14(8-6-13)23-16(24)10-9-15(22-23)17(25)21-19(18(26)27)11-3-1-2-4-12-19/h5-10H,1-4,11-12H2,(H,21,25)(H,26,27). The largest absolute Gasteiger partial charge is 0.480 e. The Balaban J connectivity index is 1.90. The maximum absolute atomic E-state index is 13.1. The molecule has 2 N–H and O–H groups in total. The molecule has 0 spiro atoms. The van der Waals surface area contributed by atoms with Crippen LogP contribution in [-0.2, 0) is 4.79 Å². The van der Waals surface area contributed by atoms with Crippen LogP contribution >= 0.6 is 0 Å². The molecule has 1 heterocycles. The molecule has 8 heteroatoms. The number of amides is 1. The minimum absolute atomic E-state index is 0.0798. The number of carboxylic acid groups (broad SMARTS) is 1. The summed E-state index contributed by atoms with van der Waals surface area (Å²) in [6, 6.07) is 7.53. The van der Waals surface area contributed by atoms with Crippen LogP contribution in [0.2, 0.25) is 0 Å². The summed E-state index contributed by atoms with van der Waals surface area (Å²) in [6.45, 7) is 0. The van der Waals surface area contributed by atoms with Crippen LogP contribution in [0.3, 0.4) is 0 Å². The number of aromatic nitrogens is 2. The zero-order chi connectivity index (χ0) is 19.4. The Hall–Kier alpha value is -3.03. The Bertz CT molecular complexity index is 900. The summed E-state index contributed by atoms with van der Waals surface area (Å²) in [4.78, 5) is 36.6. The summed E-state index contributed by atoms with van der Waals surface area (Å²) in [5.41, 5.74) is -1.59. The fourth-order valence-corrected chi connectivity index (χ4v) is 3.31. The lowest BCUT2D eigenvalue weighted by atomic mass is 9.90. The number of carbonyl (C=O) groups is 2. The zero-order valence-corrected chi connectivity index (χ0v) is 14.7. The van der Waals surface area contributed by atoms with Crippen molar-refractivity contribution in [3.63, 3.8) is 0 Å². The number of carbonyl (C=O) groups excluding carboxylic acids is 1. The molecule has 0 atom stereocenters. The van der Waals surface area contributed by atoms with E-state index < -0.39 is 28.8 Å². The van der Waals surface area contributed by atoms with Crippen LogP contribution in [-0.4, -0.2) is 32.3 Å². The van der Waals surface area contributed by atoms with Gasteiger partial charge in [0.05, 0.1) is 5.69 Å². The first-order valence-corrected chi connectivity index (χ1v) is 8.83. The molecule has 0 aliphatic heterocycles. The molecular weight excluding hydrogens is 353 g/mol. The summed E-state index contributed by atoms with van der Waals surface area (Å²) in [5.74, 6) is -2.18. The molecule has 1 aromatic heterocycles. The van der Waals surface area contributed by atoms with Gasteiger partial charge >= 0.3 is 5.97 Å². The third-order valence-corrected chi connectivity index (χ3v) is 4.82. The predicted octanol–water partition coefficient (Wildman–Crippen LogP) is 2.28. The Morgan fingerprint density at radius 3 is 2.26 bits per heavy atom. The van der Waals surface area contributed by atoms with Crippen molar-refractivity contribution in [3.8, 4) is 5.69 Å². The molecule has 1 amide bonds. The monoisotopic (exact) mass is 373 g/mol. The fourth-order valence-electron chi connectivity index (χ4n) is 3.31. The first kappa shape index (κ1) is 18.8. The fraction of sp³-hybridized carbons (Fsp3) is 0.368. The van der Waals surface area contributed by atoms with Crippen molar-refractivity contribution in [2.75, 3.05) is 0 Å². The average molecular weight is 373 g/mol. The van der Waals surface area contributed by atoms with Gasteiger partial charge in [0.25, 0.3) is 11.5 Å². The number of carboxylic acids is 1. The second-order valence-corrected chi connectivity index (χ2v) is 6.70. The molecule has 7 nitrogen and oxygen atoms in total. The van der Waals surface area contributed by atoms with E-state index in [0.717, 1.165) is 30.4 Å². The smallest absolute Gasteiger partial charge is 0.329 e. The van der Waals surface area contributed by atoms with Gasteiger partial charge < -0.3 is 10.4 Å². The van der Waals surface area contributed by atoms with E-state index in [4.69, 9.17) is 0 Å². The third kappa shape index (κ3) is 4.05. The number of benzene rings is 1. The van der Waals surface area contributed by atoms with E-state index >= 15 is 0 Å². The van der Waals surface area contributed by atoms with Crippen LogP contribution in [0.5, 0.6) is 0 Å². The van der Waals surface area contributed by atoms with Crippen LogP contribution in [0, 0.1) is 5.82 Å². The topological polar surface area (TPSA) is 101 Å². The highest BCUT2D eigenvalue weighted by Crippen LogP contribution is 2.27. The highest BCUT2D eigenvalue weighted by molar-refractivity contribution is 5.96. The number of rotatable bonds is 4. The first-order valence-electron chi connectivity index (χ1n) is 8.83. The van der Waals surface area contributed by atoms with Crippen molar-refractivity contribution in [3.05, 3.63) is 58.3 Å². The van der Waals surface area contributed by atoms with E-state index in [2.05, 4.69) is 10.4 Å².